The summed E-state index contributed by atoms with van der Waals surface area (Å²) in [6.07, 6.45) is 6.97. The van der Waals surface area contributed by atoms with Gasteiger partial charge in [0.05, 0.1) is 0 Å². The molecule has 1 heteroatoms. The molecule has 0 heterocycles. The highest BCUT2D eigenvalue weighted by Crippen LogP contribution is 2.51. The summed E-state index contributed by atoms with van der Waals surface area (Å²) in [4.78, 5) is 0. The van der Waals surface area contributed by atoms with Crippen LogP contribution in [-0.4, -0.2) is 5.71 Å². The minimum Gasteiger partial charge on any atom is -0.309 e. The first kappa shape index (κ1) is 9.23. The minimum absolute atomic E-state index is 0.728. The van der Waals surface area contributed by atoms with E-state index in [9.17, 15) is 0 Å². The van der Waals surface area contributed by atoms with Gasteiger partial charge in [0, 0.05) is 5.71 Å². The molecule has 1 nitrogen and oxygen atoms in total. The molecule has 74 valence electrons. The zero-order chi connectivity index (χ0) is 9.42. The van der Waals surface area contributed by atoms with E-state index in [1.807, 2.05) is 13.8 Å². The Bertz CT molecular complexity index is 177. The molecular formula is C12H21N. The summed E-state index contributed by atoms with van der Waals surface area (Å²) in [5.41, 5.74) is 1.12. The van der Waals surface area contributed by atoms with Gasteiger partial charge in [0.1, 0.15) is 0 Å². The molecule has 13 heavy (non-hydrogen) atoms. The third-order valence-corrected chi connectivity index (χ3v) is 4.02. The average molecular weight is 179 g/mol. The lowest BCUT2D eigenvalue weighted by atomic mass is 9.55. The smallest absolute Gasteiger partial charge is 0.0151 e. The summed E-state index contributed by atoms with van der Waals surface area (Å²) < 4.78 is 0. The first-order valence-electron chi connectivity index (χ1n) is 5.91. The minimum atomic E-state index is 0.728. The Kier molecular flexibility index (Phi) is 2.44. The van der Waals surface area contributed by atoms with Crippen molar-refractivity contribution in [1.82, 2.24) is 0 Å². The van der Waals surface area contributed by atoms with Gasteiger partial charge in [-0.2, -0.15) is 0 Å². The molecule has 4 rings (SSSR count). The van der Waals surface area contributed by atoms with Crippen molar-refractivity contribution in [1.29, 1.82) is 5.41 Å². The highest BCUT2D eigenvalue weighted by molar-refractivity contribution is 5.87. The van der Waals surface area contributed by atoms with E-state index >= 15 is 0 Å². The van der Waals surface area contributed by atoms with E-state index in [-0.39, 0.29) is 0 Å². The summed E-state index contributed by atoms with van der Waals surface area (Å²) in [6.45, 7) is 4.00. The molecule has 0 saturated heterocycles. The number of hydrogen-bond acceptors (Lipinski definition) is 1. The Morgan fingerprint density at radius 1 is 0.846 bits per heavy atom. The molecule has 0 amide bonds. The molecule has 4 bridgehead atoms. The molecule has 0 unspecified atom stereocenters. The standard InChI is InChI=1S/C10H15N.C2H6/c11-10-8-2-6-1-7(4-8)5-9(10)3-6;1-2/h6-9,11H,1-5H2;1-2H3. The van der Waals surface area contributed by atoms with Crippen LogP contribution in [-0.2, 0) is 0 Å². The first-order chi connectivity index (χ1) is 6.33. The zero-order valence-corrected chi connectivity index (χ0v) is 8.84. The molecule has 0 aromatic carbocycles. The average Bonchev–Trinajstić information content (AvgIpc) is 2.16. The zero-order valence-electron chi connectivity index (χ0n) is 8.84. The second-order valence-corrected chi connectivity index (χ2v) is 4.76. The van der Waals surface area contributed by atoms with Crippen LogP contribution in [0.1, 0.15) is 46.0 Å². The van der Waals surface area contributed by atoms with Gasteiger partial charge in [-0.05, 0) is 55.8 Å². The van der Waals surface area contributed by atoms with Gasteiger partial charge in [0.15, 0.2) is 0 Å². The highest BCUT2D eigenvalue weighted by Gasteiger charge is 2.45. The summed E-state index contributed by atoms with van der Waals surface area (Å²) in [5.74, 6) is 3.50. The summed E-state index contributed by atoms with van der Waals surface area (Å²) >= 11 is 0. The van der Waals surface area contributed by atoms with Crippen molar-refractivity contribution in [2.75, 3.05) is 0 Å². The SMILES string of the molecule is CC.N=C1C2CC3CC(C2)CC1C3. The highest BCUT2D eigenvalue weighted by atomic mass is 14.6. The molecule has 4 fully saturated rings. The molecule has 0 atom stereocenters. The van der Waals surface area contributed by atoms with E-state index in [0.717, 1.165) is 29.4 Å². The van der Waals surface area contributed by atoms with Gasteiger partial charge in [-0.3, -0.25) is 0 Å². The number of hydrogen-bond donors (Lipinski definition) is 1. The fraction of sp³-hybridized carbons (Fsp3) is 0.917. The predicted molar refractivity (Wildman–Crippen MR) is 56.1 cm³/mol. The van der Waals surface area contributed by atoms with Crippen molar-refractivity contribution in [3.8, 4) is 0 Å². The van der Waals surface area contributed by atoms with E-state index in [1.54, 1.807) is 0 Å². The second kappa shape index (κ2) is 3.43. The van der Waals surface area contributed by atoms with Crippen LogP contribution < -0.4 is 0 Å². The van der Waals surface area contributed by atoms with Crippen LogP contribution in [0, 0.1) is 29.1 Å². The van der Waals surface area contributed by atoms with Gasteiger partial charge in [-0.15, -0.1) is 0 Å². The van der Waals surface area contributed by atoms with Crippen LogP contribution in [0.4, 0.5) is 0 Å². The van der Waals surface area contributed by atoms with E-state index < -0.39 is 0 Å². The molecule has 4 aliphatic carbocycles. The Hall–Kier alpha value is -0.330. The molecule has 0 aromatic rings. The Morgan fingerprint density at radius 3 is 1.62 bits per heavy atom. The first-order valence-corrected chi connectivity index (χ1v) is 5.91. The lowest BCUT2D eigenvalue weighted by Crippen LogP contribution is -2.45. The van der Waals surface area contributed by atoms with Crippen molar-refractivity contribution >= 4 is 5.71 Å². The monoisotopic (exact) mass is 179 g/mol. The normalized spacial score (nSPS) is 45.8. The van der Waals surface area contributed by atoms with Crippen LogP contribution in [0.2, 0.25) is 0 Å². The second-order valence-electron chi connectivity index (χ2n) is 4.76. The Balaban J connectivity index is 0.000000308. The molecule has 0 aliphatic heterocycles. The number of nitrogens with one attached hydrogen (secondary N) is 1. The fourth-order valence-electron chi connectivity index (χ4n) is 3.69. The van der Waals surface area contributed by atoms with Crippen LogP contribution in [0.5, 0.6) is 0 Å². The summed E-state index contributed by atoms with van der Waals surface area (Å²) in [5, 5.41) is 7.91. The van der Waals surface area contributed by atoms with Crippen LogP contribution >= 0.6 is 0 Å². The van der Waals surface area contributed by atoms with Crippen molar-refractivity contribution in [3.63, 3.8) is 0 Å². The largest absolute Gasteiger partial charge is 0.309 e. The molecule has 0 radical (unpaired) electrons. The van der Waals surface area contributed by atoms with E-state index in [0.29, 0.717) is 0 Å². The lowest BCUT2D eigenvalue weighted by Gasteiger charge is -2.50. The van der Waals surface area contributed by atoms with Gasteiger partial charge in [0.2, 0.25) is 0 Å². The van der Waals surface area contributed by atoms with Gasteiger partial charge in [-0.25, -0.2) is 0 Å². The van der Waals surface area contributed by atoms with Crippen LogP contribution in [0.3, 0.4) is 0 Å². The maximum Gasteiger partial charge on any atom is 0.0151 e. The van der Waals surface area contributed by atoms with Crippen molar-refractivity contribution in [2.24, 2.45) is 23.7 Å². The quantitative estimate of drug-likeness (QED) is 0.588. The Morgan fingerprint density at radius 2 is 1.23 bits per heavy atom. The van der Waals surface area contributed by atoms with Gasteiger partial charge in [0.25, 0.3) is 0 Å². The lowest BCUT2D eigenvalue weighted by molar-refractivity contribution is 0.107. The van der Waals surface area contributed by atoms with E-state index in [1.165, 1.54) is 32.1 Å². The fourth-order valence-corrected chi connectivity index (χ4v) is 3.69. The maximum absolute atomic E-state index is 7.91. The number of rotatable bonds is 0. The molecule has 1 N–H and O–H groups in total. The molecule has 4 saturated carbocycles. The Labute approximate surface area is 81.4 Å². The van der Waals surface area contributed by atoms with Crippen LogP contribution in [0.25, 0.3) is 0 Å². The summed E-state index contributed by atoms with van der Waals surface area (Å²) in [7, 11) is 0. The molecule has 0 aromatic heterocycles. The molecule has 0 spiro atoms. The third kappa shape index (κ3) is 1.43. The molecular weight excluding hydrogens is 158 g/mol. The predicted octanol–water partition coefficient (Wildman–Crippen LogP) is 3.49. The third-order valence-electron chi connectivity index (χ3n) is 4.02. The van der Waals surface area contributed by atoms with Crippen molar-refractivity contribution < 1.29 is 0 Å². The summed E-state index contributed by atoms with van der Waals surface area (Å²) in [6, 6.07) is 0. The topological polar surface area (TPSA) is 23.9 Å². The van der Waals surface area contributed by atoms with Gasteiger partial charge in [-0.1, -0.05) is 13.8 Å². The van der Waals surface area contributed by atoms with Gasteiger partial charge >= 0.3 is 0 Å². The van der Waals surface area contributed by atoms with E-state index in [2.05, 4.69) is 0 Å². The van der Waals surface area contributed by atoms with Gasteiger partial charge < -0.3 is 5.41 Å². The van der Waals surface area contributed by atoms with Crippen LogP contribution in [0.15, 0.2) is 0 Å². The van der Waals surface area contributed by atoms with Crippen molar-refractivity contribution in [3.05, 3.63) is 0 Å². The molecule has 4 aliphatic rings. The van der Waals surface area contributed by atoms with Crippen molar-refractivity contribution in [2.45, 2.75) is 46.0 Å². The van der Waals surface area contributed by atoms with E-state index in [4.69, 9.17) is 5.41 Å². The maximum atomic E-state index is 7.91.